The van der Waals surface area contributed by atoms with Crippen LogP contribution >= 0.6 is 33.9 Å². The molecule has 0 aliphatic carbocycles. The third-order valence-corrected chi connectivity index (χ3v) is 4.68. The molecule has 0 aliphatic rings. The molecule has 0 fully saturated rings. The van der Waals surface area contributed by atoms with Crippen LogP contribution in [0, 0.1) is 2.88 Å². The predicted molar refractivity (Wildman–Crippen MR) is 73.5 cm³/mol. The molecular formula is C11H16INOS. The van der Waals surface area contributed by atoms with Gasteiger partial charge in [0.05, 0.1) is 8.45 Å². The normalized spacial score (nSPS) is 11.5. The van der Waals surface area contributed by atoms with Gasteiger partial charge in [-0.2, -0.15) is 0 Å². The fraction of sp³-hybridized carbons (Fsp3) is 0.545. The molecule has 0 N–H and O–H groups in total. The summed E-state index contributed by atoms with van der Waals surface area (Å²) < 4.78 is 1.15. The van der Waals surface area contributed by atoms with E-state index in [1.54, 1.807) is 11.3 Å². The smallest absolute Gasteiger partial charge is 0.254 e. The van der Waals surface area contributed by atoms with Gasteiger partial charge < -0.3 is 4.90 Å². The molecule has 1 rings (SSSR count). The van der Waals surface area contributed by atoms with Crippen molar-refractivity contribution in [2.75, 3.05) is 7.05 Å². The van der Waals surface area contributed by atoms with Gasteiger partial charge in [0.1, 0.15) is 0 Å². The molecule has 1 heterocycles. The topological polar surface area (TPSA) is 20.3 Å². The van der Waals surface area contributed by atoms with Crippen molar-refractivity contribution in [1.29, 1.82) is 0 Å². The second kappa shape index (κ2) is 4.82. The highest BCUT2D eigenvalue weighted by Gasteiger charge is 2.26. The van der Waals surface area contributed by atoms with E-state index in [1.165, 1.54) is 0 Å². The minimum Gasteiger partial charge on any atom is -0.337 e. The van der Waals surface area contributed by atoms with Crippen LogP contribution in [0.1, 0.15) is 37.6 Å². The molecule has 0 aliphatic heterocycles. The summed E-state index contributed by atoms with van der Waals surface area (Å²) in [7, 11) is 1.87. The van der Waals surface area contributed by atoms with E-state index in [0.29, 0.717) is 0 Å². The molecule has 15 heavy (non-hydrogen) atoms. The fourth-order valence-electron chi connectivity index (χ4n) is 1.13. The lowest BCUT2D eigenvalue weighted by atomic mass is 9.99. The second-order valence-electron chi connectivity index (χ2n) is 4.17. The lowest BCUT2D eigenvalue weighted by Gasteiger charge is -2.34. The van der Waals surface area contributed by atoms with Crippen molar-refractivity contribution in [3.8, 4) is 0 Å². The molecule has 84 valence electrons. The van der Waals surface area contributed by atoms with E-state index in [2.05, 4.69) is 43.4 Å². The molecule has 0 saturated heterocycles. The average molecular weight is 337 g/mol. The Morgan fingerprint density at radius 1 is 1.60 bits per heavy atom. The standard InChI is InChI=1S/C11H16INOS/c1-5-11(2,3)13(4)10(14)8-6-9(12)15-7-8/h6-7H,5H2,1-4H3. The summed E-state index contributed by atoms with van der Waals surface area (Å²) in [5, 5.41) is 1.92. The van der Waals surface area contributed by atoms with Gasteiger partial charge in [-0.3, -0.25) is 4.79 Å². The molecule has 0 spiro atoms. The maximum Gasteiger partial charge on any atom is 0.254 e. The van der Waals surface area contributed by atoms with Crippen LogP contribution in [-0.4, -0.2) is 23.4 Å². The number of carbonyl (C=O) groups is 1. The van der Waals surface area contributed by atoms with Crippen LogP contribution in [-0.2, 0) is 0 Å². The summed E-state index contributed by atoms with van der Waals surface area (Å²) in [5.74, 6) is 0.112. The van der Waals surface area contributed by atoms with E-state index >= 15 is 0 Å². The Morgan fingerprint density at radius 2 is 2.20 bits per heavy atom. The monoisotopic (exact) mass is 337 g/mol. The number of hydrogen-bond acceptors (Lipinski definition) is 2. The highest BCUT2D eigenvalue weighted by Crippen LogP contribution is 2.22. The van der Waals surface area contributed by atoms with Crippen molar-refractivity contribution in [1.82, 2.24) is 4.90 Å². The number of carbonyl (C=O) groups excluding carboxylic acids is 1. The Hall–Kier alpha value is -0.100. The molecule has 0 atom stereocenters. The summed E-state index contributed by atoms with van der Waals surface area (Å²) in [5.41, 5.74) is 0.721. The number of halogens is 1. The molecule has 1 aromatic rings. The molecule has 0 aromatic carbocycles. The third-order valence-electron chi connectivity index (χ3n) is 2.89. The molecule has 0 saturated carbocycles. The maximum atomic E-state index is 12.1. The van der Waals surface area contributed by atoms with Crippen LogP contribution in [0.25, 0.3) is 0 Å². The minimum atomic E-state index is -0.0789. The van der Waals surface area contributed by atoms with Gasteiger partial charge in [-0.15, -0.1) is 11.3 Å². The Kier molecular flexibility index (Phi) is 4.17. The van der Waals surface area contributed by atoms with E-state index in [1.807, 2.05) is 23.4 Å². The first-order valence-electron chi connectivity index (χ1n) is 4.90. The number of rotatable bonds is 3. The Morgan fingerprint density at radius 3 is 2.60 bits per heavy atom. The highest BCUT2D eigenvalue weighted by molar-refractivity contribution is 14.1. The molecule has 1 amide bonds. The highest BCUT2D eigenvalue weighted by atomic mass is 127. The van der Waals surface area contributed by atoms with Gasteiger partial charge >= 0.3 is 0 Å². The second-order valence-corrected chi connectivity index (χ2v) is 6.98. The zero-order valence-electron chi connectivity index (χ0n) is 9.50. The minimum absolute atomic E-state index is 0.0789. The van der Waals surface area contributed by atoms with Gasteiger partial charge in [0.25, 0.3) is 5.91 Å². The van der Waals surface area contributed by atoms with Crippen molar-refractivity contribution in [2.45, 2.75) is 32.7 Å². The zero-order chi connectivity index (χ0) is 11.6. The van der Waals surface area contributed by atoms with Crippen molar-refractivity contribution < 1.29 is 4.79 Å². The van der Waals surface area contributed by atoms with Crippen LogP contribution < -0.4 is 0 Å². The molecule has 4 heteroatoms. The molecule has 0 bridgehead atoms. The van der Waals surface area contributed by atoms with Gasteiger partial charge in [-0.25, -0.2) is 0 Å². The van der Waals surface area contributed by atoms with E-state index in [4.69, 9.17) is 0 Å². The van der Waals surface area contributed by atoms with E-state index in [0.717, 1.165) is 14.9 Å². The van der Waals surface area contributed by atoms with Gasteiger partial charge in [0, 0.05) is 18.0 Å². The Labute approximate surface area is 109 Å². The van der Waals surface area contributed by atoms with Gasteiger partial charge in [0.2, 0.25) is 0 Å². The number of nitrogens with zero attached hydrogens (tertiary/aromatic N) is 1. The maximum absolute atomic E-state index is 12.1. The van der Waals surface area contributed by atoms with E-state index in [9.17, 15) is 4.79 Å². The van der Waals surface area contributed by atoms with E-state index in [-0.39, 0.29) is 11.4 Å². The van der Waals surface area contributed by atoms with E-state index < -0.39 is 0 Å². The van der Waals surface area contributed by atoms with Crippen LogP contribution in [0.15, 0.2) is 11.4 Å². The van der Waals surface area contributed by atoms with Crippen molar-refractivity contribution in [2.24, 2.45) is 0 Å². The van der Waals surface area contributed by atoms with Crippen LogP contribution in [0.2, 0.25) is 0 Å². The predicted octanol–water partition coefficient (Wildman–Crippen LogP) is 3.61. The molecular weight excluding hydrogens is 321 g/mol. The van der Waals surface area contributed by atoms with Crippen molar-refractivity contribution in [3.05, 3.63) is 19.9 Å². The van der Waals surface area contributed by atoms with Crippen molar-refractivity contribution in [3.63, 3.8) is 0 Å². The number of thiophene rings is 1. The lowest BCUT2D eigenvalue weighted by molar-refractivity contribution is 0.0621. The first-order valence-corrected chi connectivity index (χ1v) is 6.86. The Bertz CT molecular complexity index is 359. The van der Waals surface area contributed by atoms with Crippen LogP contribution in [0.4, 0.5) is 0 Å². The van der Waals surface area contributed by atoms with Gasteiger partial charge in [-0.1, -0.05) is 6.92 Å². The molecule has 0 radical (unpaired) electrons. The molecule has 1 aromatic heterocycles. The first kappa shape index (κ1) is 13.0. The quantitative estimate of drug-likeness (QED) is 0.772. The van der Waals surface area contributed by atoms with Gasteiger partial charge in [-0.05, 0) is 48.9 Å². The SMILES string of the molecule is CCC(C)(C)N(C)C(=O)c1csc(I)c1. The number of hydrogen-bond donors (Lipinski definition) is 0. The lowest BCUT2D eigenvalue weighted by Crippen LogP contribution is -2.44. The van der Waals surface area contributed by atoms with Crippen molar-refractivity contribution >= 4 is 39.8 Å². The summed E-state index contributed by atoms with van der Waals surface area (Å²) in [4.78, 5) is 13.9. The summed E-state index contributed by atoms with van der Waals surface area (Å²) in [6, 6.07) is 1.94. The van der Waals surface area contributed by atoms with Crippen LogP contribution in [0.5, 0.6) is 0 Å². The van der Waals surface area contributed by atoms with Crippen LogP contribution in [0.3, 0.4) is 0 Å². The average Bonchev–Trinajstić information content (AvgIpc) is 2.62. The molecule has 0 unspecified atom stereocenters. The first-order chi connectivity index (χ1) is 6.88. The third kappa shape index (κ3) is 2.93. The Balaban J connectivity index is 2.86. The fourth-order valence-corrected chi connectivity index (χ4v) is 2.45. The largest absolute Gasteiger partial charge is 0.337 e. The zero-order valence-corrected chi connectivity index (χ0v) is 12.5. The summed E-state index contributed by atoms with van der Waals surface area (Å²) >= 11 is 3.84. The number of amides is 1. The summed E-state index contributed by atoms with van der Waals surface area (Å²) in [6.45, 7) is 6.27. The molecule has 2 nitrogen and oxygen atoms in total. The van der Waals surface area contributed by atoms with Gasteiger partial charge in [0.15, 0.2) is 0 Å². The summed E-state index contributed by atoms with van der Waals surface area (Å²) in [6.07, 6.45) is 0.955.